The fraction of sp³-hybridized carbons (Fsp3) is 0.833. The smallest absolute Gasteiger partial charge is 0.245 e. The molecule has 0 spiro atoms. The Morgan fingerprint density at radius 3 is 2.94 bits per heavy atom. The Hall–Kier alpha value is -1.14. The normalized spacial score (nSPS) is 30.4. The van der Waals surface area contributed by atoms with Crippen LogP contribution in [0.5, 0.6) is 0 Å². The monoisotopic (exact) mass is 255 g/mol. The molecule has 2 amide bonds. The van der Waals surface area contributed by atoms with Crippen LogP contribution in [0.4, 0.5) is 0 Å². The van der Waals surface area contributed by atoms with Crippen molar-refractivity contribution in [2.75, 3.05) is 39.3 Å². The average molecular weight is 255 g/mol. The summed E-state index contributed by atoms with van der Waals surface area (Å²) in [6.45, 7) is 7.94. The number of nitrogens with one attached hydrogen (secondary N) is 1. The van der Waals surface area contributed by atoms with Gasteiger partial charge in [-0.15, -0.1) is 0 Å². The predicted molar refractivity (Wildman–Crippen MR) is 66.0 cm³/mol. The molecule has 0 radical (unpaired) electrons. The van der Waals surface area contributed by atoms with Crippen LogP contribution in [-0.4, -0.2) is 73.1 Å². The second kappa shape index (κ2) is 5.67. The van der Waals surface area contributed by atoms with Crippen LogP contribution in [0.3, 0.4) is 0 Å². The van der Waals surface area contributed by atoms with E-state index in [1.165, 1.54) is 0 Å². The molecule has 0 bridgehead atoms. The molecule has 2 aliphatic rings. The number of hydrogen-bond acceptors (Lipinski definition) is 4. The Balaban J connectivity index is 1.91. The van der Waals surface area contributed by atoms with Crippen LogP contribution in [0.15, 0.2) is 0 Å². The van der Waals surface area contributed by atoms with Crippen molar-refractivity contribution < 1.29 is 14.3 Å². The average Bonchev–Trinajstić information content (AvgIpc) is 2.35. The van der Waals surface area contributed by atoms with E-state index in [2.05, 4.69) is 17.1 Å². The van der Waals surface area contributed by atoms with Crippen LogP contribution < -0.4 is 5.32 Å². The van der Waals surface area contributed by atoms with E-state index in [0.717, 1.165) is 19.6 Å². The number of likely N-dealkylation sites (N-methyl/N-ethyl adjacent to an activating group) is 1. The molecule has 2 heterocycles. The van der Waals surface area contributed by atoms with Crippen molar-refractivity contribution in [1.82, 2.24) is 15.1 Å². The number of piperazine rings is 1. The molecule has 0 aromatic rings. The molecule has 2 unspecified atom stereocenters. The molecule has 102 valence electrons. The van der Waals surface area contributed by atoms with Crippen LogP contribution in [0, 0.1) is 0 Å². The predicted octanol–water partition coefficient (Wildman–Crippen LogP) is -0.946. The molecule has 0 saturated carbocycles. The molecule has 2 rings (SSSR count). The van der Waals surface area contributed by atoms with Crippen molar-refractivity contribution in [3.8, 4) is 0 Å². The molecular formula is C12H21N3O3. The Morgan fingerprint density at radius 1 is 1.44 bits per heavy atom. The highest BCUT2D eigenvalue weighted by molar-refractivity contribution is 5.94. The third-order valence-corrected chi connectivity index (χ3v) is 3.49. The summed E-state index contributed by atoms with van der Waals surface area (Å²) in [7, 11) is 0. The third kappa shape index (κ3) is 3.00. The first-order chi connectivity index (χ1) is 8.60. The van der Waals surface area contributed by atoms with E-state index in [1.54, 1.807) is 11.8 Å². The largest absolute Gasteiger partial charge is 0.374 e. The summed E-state index contributed by atoms with van der Waals surface area (Å²) in [5.74, 6) is -0.114. The quantitative estimate of drug-likeness (QED) is 0.706. The molecule has 2 saturated heterocycles. The zero-order chi connectivity index (χ0) is 13.1. The molecular weight excluding hydrogens is 234 g/mol. The minimum atomic E-state index is -0.419. The zero-order valence-corrected chi connectivity index (χ0v) is 11.0. The topological polar surface area (TPSA) is 61.9 Å². The van der Waals surface area contributed by atoms with Crippen LogP contribution >= 0.6 is 0 Å². The van der Waals surface area contributed by atoms with E-state index in [-0.39, 0.29) is 24.5 Å². The summed E-state index contributed by atoms with van der Waals surface area (Å²) in [6.07, 6.45) is 0.0146. The maximum atomic E-state index is 11.9. The van der Waals surface area contributed by atoms with E-state index in [0.29, 0.717) is 13.2 Å². The zero-order valence-electron chi connectivity index (χ0n) is 11.0. The Morgan fingerprint density at radius 2 is 2.22 bits per heavy atom. The lowest BCUT2D eigenvalue weighted by molar-refractivity contribution is -0.146. The SMILES string of the molecule is CCN1CCOC(CN2CC(=O)NC(C)C2=O)C1. The van der Waals surface area contributed by atoms with Crippen LogP contribution in [-0.2, 0) is 14.3 Å². The van der Waals surface area contributed by atoms with Crippen molar-refractivity contribution in [2.24, 2.45) is 0 Å². The number of hydrogen-bond donors (Lipinski definition) is 1. The van der Waals surface area contributed by atoms with Crippen molar-refractivity contribution in [1.29, 1.82) is 0 Å². The van der Waals surface area contributed by atoms with Gasteiger partial charge in [0.2, 0.25) is 11.8 Å². The van der Waals surface area contributed by atoms with Crippen molar-refractivity contribution in [3.05, 3.63) is 0 Å². The molecule has 0 aliphatic carbocycles. The molecule has 2 atom stereocenters. The van der Waals surface area contributed by atoms with Gasteiger partial charge < -0.3 is 15.0 Å². The lowest BCUT2D eigenvalue weighted by Gasteiger charge is -2.37. The van der Waals surface area contributed by atoms with E-state index < -0.39 is 6.04 Å². The maximum Gasteiger partial charge on any atom is 0.245 e. The lowest BCUT2D eigenvalue weighted by atomic mass is 10.2. The third-order valence-electron chi connectivity index (χ3n) is 3.49. The Labute approximate surface area is 107 Å². The van der Waals surface area contributed by atoms with Gasteiger partial charge in [0.15, 0.2) is 0 Å². The number of rotatable bonds is 3. The number of ether oxygens (including phenoxy) is 1. The number of nitrogens with zero attached hydrogens (tertiary/aromatic N) is 2. The standard InChI is InChI=1S/C12H21N3O3/c1-3-14-4-5-18-10(6-14)7-15-8-11(16)13-9(2)12(15)17/h9-10H,3-8H2,1-2H3,(H,13,16). The summed E-state index contributed by atoms with van der Waals surface area (Å²) in [6, 6.07) is -0.419. The highest BCUT2D eigenvalue weighted by atomic mass is 16.5. The molecule has 0 aromatic heterocycles. The molecule has 1 N–H and O–H groups in total. The minimum absolute atomic E-state index is 0.0146. The van der Waals surface area contributed by atoms with Gasteiger partial charge in [-0.3, -0.25) is 14.5 Å². The van der Waals surface area contributed by atoms with Gasteiger partial charge in [0.1, 0.15) is 6.04 Å². The van der Waals surface area contributed by atoms with Crippen LogP contribution in [0.2, 0.25) is 0 Å². The van der Waals surface area contributed by atoms with Crippen molar-refractivity contribution >= 4 is 11.8 Å². The molecule has 6 nitrogen and oxygen atoms in total. The van der Waals surface area contributed by atoms with E-state index in [4.69, 9.17) is 4.74 Å². The van der Waals surface area contributed by atoms with Gasteiger partial charge in [0, 0.05) is 19.6 Å². The Bertz CT molecular complexity index is 335. The first-order valence-corrected chi connectivity index (χ1v) is 6.52. The molecule has 6 heteroatoms. The highest BCUT2D eigenvalue weighted by Gasteiger charge is 2.32. The second-order valence-corrected chi connectivity index (χ2v) is 4.89. The maximum absolute atomic E-state index is 11.9. The summed E-state index contributed by atoms with van der Waals surface area (Å²) in [5.41, 5.74) is 0. The number of amides is 2. The van der Waals surface area contributed by atoms with Gasteiger partial charge in [-0.25, -0.2) is 0 Å². The minimum Gasteiger partial charge on any atom is -0.374 e. The number of morpholine rings is 1. The van der Waals surface area contributed by atoms with E-state index >= 15 is 0 Å². The van der Waals surface area contributed by atoms with Gasteiger partial charge in [0.25, 0.3) is 0 Å². The first kappa shape index (κ1) is 13.3. The van der Waals surface area contributed by atoms with Gasteiger partial charge in [-0.2, -0.15) is 0 Å². The van der Waals surface area contributed by atoms with Gasteiger partial charge in [0.05, 0.1) is 19.3 Å². The van der Waals surface area contributed by atoms with Crippen molar-refractivity contribution in [2.45, 2.75) is 26.0 Å². The lowest BCUT2D eigenvalue weighted by Crippen LogP contribution is -2.59. The number of carbonyl (C=O) groups excluding carboxylic acids is 2. The molecule has 2 fully saturated rings. The van der Waals surface area contributed by atoms with Crippen LogP contribution in [0.1, 0.15) is 13.8 Å². The second-order valence-electron chi connectivity index (χ2n) is 4.89. The Kier molecular flexibility index (Phi) is 4.19. The highest BCUT2D eigenvalue weighted by Crippen LogP contribution is 2.09. The summed E-state index contributed by atoms with van der Waals surface area (Å²) in [4.78, 5) is 27.3. The summed E-state index contributed by atoms with van der Waals surface area (Å²) < 4.78 is 5.66. The first-order valence-electron chi connectivity index (χ1n) is 6.52. The van der Waals surface area contributed by atoms with Crippen LogP contribution in [0.25, 0.3) is 0 Å². The van der Waals surface area contributed by atoms with Gasteiger partial charge in [-0.05, 0) is 13.5 Å². The molecule has 18 heavy (non-hydrogen) atoms. The summed E-state index contributed by atoms with van der Waals surface area (Å²) >= 11 is 0. The van der Waals surface area contributed by atoms with Crippen molar-refractivity contribution in [3.63, 3.8) is 0 Å². The summed E-state index contributed by atoms with van der Waals surface area (Å²) in [5, 5.41) is 2.63. The van der Waals surface area contributed by atoms with E-state index in [1.807, 2.05) is 0 Å². The number of carbonyl (C=O) groups is 2. The van der Waals surface area contributed by atoms with Gasteiger partial charge >= 0.3 is 0 Å². The van der Waals surface area contributed by atoms with Gasteiger partial charge in [-0.1, -0.05) is 6.92 Å². The fourth-order valence-electron chi connectivity index (χ4n) is 2.45. The van der Waals surface area contributed by atoms with E-state index in [9.17, 15) is 9.59 Å². The molecule has 0 aromatic carbocycles. The fourth-order valence-corrected chi connectivity index (χ4v) is 2.45. The molecule has 2 aliphatic heterocycles.